The van der Waals surface area contributed by atoms with Crippen LogP contribution in [0, 0.1) is 11.7 Å². The summed E-state index contributed by atoms with van der Waals surface area (Å²) in [4.78, 5) is 0. The van der Waals surface area contributed by atoms with Crippen molar-refractivity contribution >= 4 is 0 Å². The zero-order chi connectivity index (χ0) is 14.5. The Bertz CT molecular complexity index is 438. The molecule has 20 heavy (non-hydrogen) atoms. The van der Waals surface area contributed by atoms with Crippen LogP contribution in [0.2, 0.25) is 0 Å². The first-order chi connectivity index (χ1) is 9.65. The lowest BCUT2D eigenvalue weighted by atomic mass is 9.93. The summed E-state index contributed by atoms with van der Waals surface area (Å²) in [5.74, 6) is 0.530. The summed E-state index contributed by atoms with van der Waals surface area (Å²) in [6.07, 6.45) is 2.08. The third-order valence-corrected chi connectivity index (χ3v) is 3.98. The number of ether oxygens (including phenoxy) is 2. The second-order valence-electron chi connectivity index (χ2n) is 5.44. The molecule has 1 aliphatic heterocycles. The van der Waals surface area contributed by atoms with Crippen LogP contribution in [0.4, 0.5) is 4.39 Å². The van der Waals surface area contributed by atoms with E-state index in [-0.39, 0.29) is 18.0 Å². The fourth-order valence-electron chi connectivity index (χ4n) is 2.89. The monoisotopic (exact) mass is 281 g/mol. The van der Waals surface area contributed by atoms with Crippen LogP contribution in [0.1, 0.15) is 25.8 Å². The fraction of sp³-hybridized carbons (Fsp3) is 0.625. The van der Waals surface area contributed by atoms with Crippen LogP contribution in [0.3, 0.4) is 0 Å². The highest BCUT2D eigenvalue weighted by atomic mass is 19.1. The van der Waals surface area contributed by atoms with E-state index in [9.17, 15) is 4.39 Å². The first kappa shape index (κ1) is 15.3. The van der Waals surface area contributed by atoms with Crippen molar-refractivity contribution in [3.63, 3.8) is 0 Å². The predicted molar refractivity (Wildman–Crippen MR) is 77.6 cm³/mol. The molecule has 1 aromatic carbocycles. The average Bonchev–Trinajstić information content (AvgIpc) is 2.85. The highest BCUT2D eigenvalue weighted by molar-refractivity contribution is 5.29. The van der Waals surface area contributed by atoms with Crippen molar-refractivity contribution in [1.29, 1.82) is 0 Å². The van der Waals surface area contributed by atoms with Gasteiger partial charge in [-0.05, 0) is 43.0 Å². The van der Waals surface area contributed by atoms with E-state index in [1.54, 1.807) is 12.1 Å². The van der Waals surface area contributed by atoms with E-state index in [0.717, 1.165) is 31.6 Å². The van der Waals surface area contributed by atoms with Crippen molar-refractivity contribution in [1.82, 2.24) is 5.32 Å². The molecule has 1 aromatic rings. The smallest absolute Gasteiger partial charge is 0.165 e. The lowest BCUT2D eigenvalue weighted by Gasteiger charge is -2.27. The number of hydrogen-bond donors (Lipinski definition) is 1. The predicted octanol–water partition coefficient (Wildman–Crippen LogP) is 2.78. The number of nitrogens with one attached hydrogen (secondary N) is 1. The van der Waals surface area contributed by atoms with Crippen molar-refractivity contribution in [2.45, 2.75) is 38.8 Å². The Morgan fingerprint density at radius 1 is 1.50 bits per heavy atom. The second kappa shape index (κ2) is 7.04. The summed E-state index contributed by atoms with van der Waals surface area (Å²) in [7, 11) is 1.48. The third-order valence-electron chi connectivity index (χ3n) is 3.98. The third kappa shape index (κ3) is 3.49. The van der Waals surface area contributed by atoms with Crippen LogP contribution < -0.4 is 10.1 Å². The average molecular weight is 281 g/mol. The standard InChI is InChI=1S/C16H24FNO2/c1-4-18-14(16-11(2)7-8-20-16)10-12-5-6-15(19-3)13(17)9-12/h5-6,9,11,14,16,18H,4,7-8,10H2,1-3H3. The van der Waals surface area contributed by atoms with Gasteiger partial charge in [-0.1, -0.05) is 19.9 Å². The minimum absolute atomic E-state index is 0.208. The topological polar surface area (TPSA) is 30.5 Å². The normalized spacial score (nSPS) is 23.8. The van der Waals surface area contributed by atoms with Gasteiger partial charge in [0.05, 0.1) is 13.2 Å². The van der Waals surface area contributed by atoms with E-state index in [1.807, 2.05) is 6.07 Å². The van der Waals surface area contributed by atoms with Gasteiger partial charge in [-0.3, -0.25) is 0 Å². The first-order valence-electron chi connectivity index (χ1n) is 7.33. The van der Waals surface area contributed by atoms with Crippen LogP contribution in [-0.2, 0) is 11.2 Å². The number of methoxy groups -OCH3 is 1. The molecule has 1 aliphatic rings. The Hall–Kier alpha value is -1.13. The molecule has 3 atom stereocenters. The van der Waals surface area contributed by atoms with Gasteiger partial charge in [0.2, 0.25) is 0 Å². The van der Waals surface area contributed by atoms with Crippen molar-refractivity contribution in [2.24, 2.45) is 5.92 Å². The van der Waals surface area contributed by atoms with E-state index in [2.05, 4.69) is 19.2 Å². The molecule has 4 heteroatoms. The van der Waals surface area contributed by atoms with E-state index < -0.39 is 0 Å². The van der Waals surface area contributed by atoms with Crippen molar-refractivity contribution in [2.75, 3.05) is 20.3 Å². The van der Waals surface area contributed by atoms with Gasteiger partial charge in [-0.2, -0.15) is 0 Å². The molecule has 1 heterocycles. The molecule has 0 radical (unpaired) electrons. The number of rotatable bonds is 6. The number of benzene rings is 1. The van der Waals surface area contributed by atoms with Gasteiger partial charge in [0, 0.05) is 12.6 Å². The fourth-order valence-corrected chi connectivity index (χ4v) is 2.89. The van der Waals surface area contributed by atoms with Gasteiger partial charge in [0.25, 0.3) is 0 Å². The highest BCUT2D eigenvalue weighted by Gasteiger charge is 2.31. The Kier molecular flexibility index (Phi) is 5.38. The Labute approximate surface area is 120 Å². The highest BCUT2D eigenvalue weighted by Crippen LogP contribution is 2.26. The molecule has 1 fully saturated rings. The minimum atomic E-state index is -0.305. The van der Waals surface area contributed by atoms with Crippen molar-refractivity contribution < 1.29 is 13.9 Å². The molecule has 0 aliphatic carbocycles. The number of likely N-dealkylation sites (N-methyl/N-ethyl adjacent to an activating group) is 1. The molecule has 1 saturated heterocycles. The molecule has 0 bridgehead atoms. The summed E-state index contributed by atoms with van der Waals surface area (Å²) in [5.41, 5.74) is 0.969. The minimum Gasteiger partial charge on any atom is -0.494 e. The van der Waals surface area contributed by atoms with Crippen molar-refractivity contribution in [3.05, 3.63) is 29.6 Å². The molecular formula is C16H24FNO2. The van der Waals surface area contributed by atoms with Crippen LogP contribution >= 0.6 is 0 Å². The maximum absolute atomic E-state index is 13.8. The summed E-state index contributed by atoms with van der Waals surface area (Å²) >= 11 is 0. The van der Waals surface area contributed by atoms with E-state index in [1.165, 1.54) is 7.11 Å². The maximum Gasteiger partial charge on any atom is 0.165 e. The molecule has 0 amide bonds. The SMILES string of the molecule is CCNC(Cc1ccc(OC)c(F)c1)C1OCCC1C. The zero-order valence-corrected chi connectivity index (χ0v) is 12.5. The van der Waals surface area contributed by atoms with Gasteiger partial charge in [0.15, 0.2) is 11.6 Å². The molecule has 3 nitrogen and oxygen atoms in total. The van der Waals surface area contributed by atoms with Crippen LogP contribution in [0.5, 0.6) is 5.75 Å². The van der Waals surface area contributed by atoms with E-state index in [4.69, 9.17) is 9.47 Å². The van der Waals surface area contributed by atoms with Crippen LogP contribution in [0.25, 0.3) is 0 Å². The summed E-state index contributed by atoms with van der Waals surface area (Å²) < 4.78 is 24.6. The van der Waals surface area contributed by atoms with Crippen LogP contribution in [0.15, 0.2) is 18.2 Å². The first-order valence-corrected chi connectivity index (χ1v) is 7.33. The molecule has 0 saturated carbocycles. The molecule has 3 unspecified atom stereocenters. The second-order valence-corrected chi connectivity index (χ2v) is 5.44. The van der Waals surface area contributed by atoms with Crippen molar-refractivity contribution in [3.8, 4) is 5.75 Å². The molecule has 0 spiro atoms. The lowest BCUT2D eigenvalue weighted by molar-refractivity contribution is 0.0615. The maximum atomic E-state index is 13.8. The number of hydrogen-bond acceptors (Lipinski definition) is 3. The van der Waals surface area contributed by atoms with Crippen LogP contribution in [-0.4, -0.2) is 32.4 Å². The van der Waals surface area contributed by atoms with Gasteiger partial charge in [-0.15, -0.1) is 0 Å². The zero-order valence-electron chi connectivity index (χ0n) is 12.5. The van der Waals surface area contributed by atoms with Gasteiger partial charge in [-0.25, -0.2) is 4.39 Å². The van der Waals surface area contributed by atoms with Gasteiger partial charge in [0.1, 0.15) is 0 Å². The van der Waals surface area contributed by atoms with E-state index in [0.29, 0.717) is 11.7 Å². The Morgan fingerprint density at radius 2 is 2.30 bits per heavy atom. The van der Waals surface area contributed by atoms with E-state index >= 15 is 0 Å². The Balaban J connectivity index is 2.09. The largest absolute Gasteiger partial charge is 0.494 e. The molecule has 2 rings (SSSR count). The quantitative estimate of drug-likeness (QED) is 0.869. The van der Waals surface area contributed by atoms with Gasteiger partial charge >= 0.3 is 0 Å². The lowest BCUT2D eigenvalue weighted by Crippen LogP contribution is -2.43. The van der Waals surface area contributed by atoms with Gasteiger partial charge < -0.3 is 14.8 Å². The molecule has 1 N–H and O–H groups in total. The Morgan fingerprint density at radius 3 is 2.85 bits per heavy atom. The molecule has 112 valence electrons. The molecular weight excluding hydrogens is 257 g/mol. The summed E-state index contributed by atoms with van der Waals surface area (Å²) in [5, 5.41) is 3.47. The molecule has 0 aromatic heterocycles. The number of halogens is 1. The summed E-state index contributed by atoms with van der Waals surface area (Å²) in [6.45, 7) is 6.01. The summed E-state index contributed by atoms with van der Waals surface area (Å²) in [6, 6.07) is 5.40.